The Balaban J connectivity index is 1.65. The molecule has 0 bridgehead atoms. The van der Waals surface area contributed by atoms with Gasteiger partial charge in [-0.1, -0.05) is 35.9 Å². The largest absolute Gasteiger partial charge is 0.488 e. The van der Waals surface area contributed by atoms with Crippen molar-refractivity contribution in [1.82, 2.24) is 5.32 Å². The van der Waals surface area contributed by atoms with Crippen LogP contribution in [0.25, 0.3) is 0 Å². The fourth-order valence-corrected chi connectivity index (χ4v) is 3.02. The number of rotatable bonds is 8. The molecule has 1 atom stereocenters. The second-order valence-electron chi connectivity index (χ2n) is 6.77. The molecule has 3 rings (SSSR count). The predicted octanol–water partition coefficient (Wildman–Crippen LogP) is 3.13. The highest BCUT2D eigenvalue weighted by Gasteiger charge is 2.22. The van der Waals surface area contributed by atoms with Gasteiger partial charge in [-0.25, -0.2) is 0 Å². The maximum Gasteiger partial charge on any atom is 0.255 e. The monoisotopic (exact) mass is 399 g/mol. The van der Waals surface area contributed by atoms with E-state index in [1.807, 2.05) is 62.6 Å². The van der Waals surface area contributed by atoms with Crippen LogP contribution in [0.5, 0.6) is 5.75 Å². The van der Waals surface area contributed by atoms with E-state index in [0.717, 1.165) is 11.3 Å². The number of amides is 1. The molecule has 2 aromatic carbocycles. The molecule has 0 radical (unpaired) electrons. The zero-order valence-corrected chi connectivity index (χ0v) is 16.7. The van der Waals surface area contributed by atoms with Gasteiger partial charge in [0.25, 0.3) is 5.91 Å². The van der Waals surface area contributed by atoms with Crippen LogP contribution in [0.1, 0.15) is 27.7 Å². The van der Waals surface area contributed by atoms with Crippen LogP contribution < -0.4 is 15.0 Å². The molecular weight excluding hydrogens is 376 g/mol. The van der Waals surface area contributed by atoms with E-state index in [1.165, 1.54) is 4.90 Å². The molecule has 0 saturated carbocycles. The van der Waals surface area contributed by atoms with E-state index < -0.39 is 0 Å². The summed E-state index contributed by atoms with van der Waals surface area (Å²) < 4.78 is 11.4. The normalized spacial score (nSPS) is 12.0. The first-order valence-corrected chi connectivity index (χ1v) is 9.50. The van der Waals surface area contributed by atoms with Gasteiger partial charge in [0.05, 0.1) is 32.5 Å². The number of quaternary nitrogens is 1. The van der Waals surface area contributed by atoms with Crippen molar-refractivity contribution in [3.05, 3.63) is 88.8 Å². The fourth-order valence-electron chi connectivity index (χ4n) is 2.89. The first-order valence-electron chi connectivity index (χ1n) is 9.12. The van der Waals surface area contributed by atoms with E-state index in [9.17, 15) is 4.79 Å². The molecule has 0 saturated heterocycles. The van der Waals surface area contributed by atoms with Crippen LogP contribution >= 0.6 is 11.6 Å². The summed E-state index contributed by atoms with van der Waals surface area (Å²) in [6.45, 7) is 0.818. The van der Waals surface area contributed by atoms with Crippen LogP contribution in [0.15, 0.2) is 71.3 Å². The van der Waals surface area contributed by atoms with E-state index in [0.29, 0.717) is 29.5 Å². The number of furan rings is 1. The molecule has 0 fully saturated rings. The molecule has 6 heteroatoms. The highest BCUT2D eigenvalue weighted by atomic mass is 35.5. The van der Waals surface area contributed by atoms with Crippen molar-refractivity contribution >= 4 is 17.5 Å². The van der Waals surface area contributed by atoms with Crippen molar-refractivity contribution in [2.75, 3.05) is 20.6 Å². The van der Waals surface area contributed by atoms with Gasteiger partial charge < -0.3 is 19.4 Å². The lowest BCUT2D eigenvalue weighted by molar-refractivity contribution is -0.891. The average molecular weight is 400 g/mol. The molecule has 2 N–H and O–H groups in total. The average Bonchev–Trinajstić information content (AvgIpc) is 3.22. The molecule has 146 valence electrons. The molecule has 3 aromatic rings. The number of nitrogens with one attached hydrogen (secondary N) is 2. The second-order valence-corrected chi connectivity index (χ2v) is 7.20. The maximum absolute atomic E-state index is 12.8. The van der Waals surface area contributed by atoms with E-state index in [1.54, 1.807) is 18.4 Å². The number of benzene rings is 2. The van der Waals surface area contributed by atoms with Gasteiger partial charge in [-0.2, -0.15) is 0 Å². The molecular formula is C22H24ClN2O3+. The van der Waals surface area contributed by atoms with Crippen LogP contribution in [-0.4, -0.2) is 26.5 Å². The zero-order valence-electron chi connectivity index (χ0n) is 15.9. The molecule has 0 aliphatic heterocycles. The summed E-state index contributed by atoms with van der Waals surface area (Å²) >= 11 is 5.91. The predicted molar refractivity (Wildman–Crippen MR) is 109 cm³/mol. The topological polar surface area (TPSA) is 55.9 Å². The lowest BCUT2D eigenvalue weighted by Crippen LogP contribution is -3.07. The molecule has 1 amide bonds. The number of carbonyl (C=O) groups excluding carboxylic acids is 1. The molecule has 5 nitrogen and oxygen atoms in total. The van der Waals surface area contributed by atoms with Crippen LogP contribution in [0.2, 0.25) is 5.02 Å². The maximum atomic E-state index is 12.8. The summed E-state index contributed by atoms with van der Waals surface area (Å²) in [5.74, 6) is 1.21. The lowest BCUT2D eigenvalue weighted by atomic mass is 10.1. The number of para-hydroxylation sites is 1. The number of hydrogen-bond donors (Lipinski definition) is 2. The van der Waals surface area contributed by atoms with Gasteiger partial charge >= 0.3 is 0 Å². The van der Waals surface area contributed by atoms with Gasteiger partial charge in [-0.05, 0) is 42.0 Å². The molecule has 0 aliphatic carbocycles. The van der Waals surface area contributed by atoms with Crippen molar-refractivity contribution in [3.63, 3.8) is 0 Å². The Morgan fingerprint density at radius 1 is 1.11 bits per heavy atom. The Morgan fingerprint density at radius 3 is 2.54 bits per heavy atom. The third kappa shape index (κ3) is 5.15. The molecule has 1 aromatic heterocycles. The summed E-state index contributed by atoms with van der Waals surface area (Å²) in [7, 11) is 4.06. The molecule has 0 aliphatic rings. The van der Waals surface area contributed by atoms with Crippen LogP contribution in [0.3, 0.4) is 0 Å². The summed E-state index contributed by atoms with van der Waals surface area (Å²) in [6.07, 6.45) is 1.65. The Morgan fingerprint density at radius 2 is 1.86 bits per heavy atom. The van der Waals surface area contributed by atoms with Crippen molar-refractivity contribution in [2.24, 2.45) is 0 Å². The quantitative estimate of drug-likeness (QED) is 0.612. The highest BCUT2D eigenvalue weighted by Crippen LogP contribution is 2.20. The van der Waals surface area contributed by atoms with Crippen LogP contribution in [0.4, 0.5) is 0 Å². The fraction of sp³-hybridized carbons (Fsp3) is 0.227. The van der Waals surface area contributed by atoms with Gasteiger partial charge in [-0.15, -0.1) is 0 Å². The lowest BCUT2D eigenvalue weighted by Gasteiger charge is -2.20. The van der Waals surface area contributed by atoms with Crippen molar-refractivity contribution in [1.29, 1.82) is 0 Å². The molecule has 0 unspecified atom stereocenters. The first-order chi connectivity index (χ1) is 13.5. The summed E-state index contributed by atoms with van der Waals surface area (Å²) in [6, 6.07) is 18.5. The minimum atomic E-state index is -0.176. The zero-order chi connectivity index (χ0) is 19.9. The van der Waals surface area contributed by atoms with E-state index >= 15 is 0 Å². The second kappa shape index (κ2) is 9.44. The molecule has 1 heterocycles. The highest BCUT2D eigenvalue weighted by molar-refractivity contribution is 6.30. The van der Waals surface area contributed by atoms with Crippen LogP contribution in [-0.2, 0) is 6.61 Å². The Hall–Kier alpha value is -2.76. The summed E-state index contributed by atoms with van der Waals surface area (Å²) in [5.41, 5.74) is 1.48. The Kier molecular flexibility index (Phi) is 6.74. The van der Waals surface area contributed by atoms with Crippen molar-refractivity contribution < 1.29 is 18.8 Å². The van der Waals surface area contributed by atoms with Gasteiger partial charge in [0.1, 0.15) is 12.4 Å². The Bertz CT molecular complexity index is 892. The minimum absolute atomic E-state index is 0.0288. The van der Waals surface area contributed by atoms with Crippen LogP contribution in [0, 0.1) is 0 Å². The van der Waals surface area contributed by atoms with Crippen molar-refractivity contribution in [3.8, 4) is 5.75 Å². The third-order valence-corrected chi connectivity index (χ3v) is 4.74. The van der Waals surface area contributed by atoms with E-state index in [2.05, 4.69) is 5.32 Å². The summed E-state index contributed by atoms with van der Waals surface area (Å²) in [4.78, 5) is 13.9. The smallest absolute Gasteiger partial charge is 0.255 e. The Labute approximate surface area is 169 Å². The molecule has 0 spiro atoms. The van der Waals surface area contributed by atoms with Crippen molar-refractivity contribution in [2.45, 2.75) is 12.6 Å². The van der Waals surface area contributed by atoms with Gasteiger partial charge in [0, 0.05) is 5.02 Å². The summed E-state index contributed by atoms with van der Waals surface area (Å²) in [5, 5.41) is 3.68. The number of halogens is 1. The first kappa shape index (κ1) is 20.0. The number of carbonyl (C=O) groups is 1. The standard InChI is InChI=1S/C22H23ClN2O3/c1-25(2)19(21-8-5-13-27-21)14-24-22(26)18-6-3-4-7-20(18)28-15-16-9-11-17(23)12-10-16/h3-13,19H,14-15H2,1-2H3,(H,24,26)/p+1/t19-/m1/s1. The molecule has 28 heavy (non-hydrogen) atoms. The van der Waals surface area contributed by atoms with Gasteiger partial charge in [0.2, 0.25) is 0 Å². The van der Waals surface area contributed by atoms with Gasteiger partial charge in [0.15, 0.2) is 11.8 Å². The van der Waals surface area contributed by atoms with E-state index in [-0.39, 0.29) is 11.9 Å². The number of hydrogen-bond acceptors (Lipinski definition) is 3. The SMILES string of the molecule is C[NH+](C)[C@H](CNC(=O)c1ccccc1OCc1ccc(Cl)cc1)c1ccco1. The number of likely N-dealkylation sites (N-methyl/N-ethyl adjacent to an activating group) is 1. The van der Waals surface area contributed by atoms with Gasteiger partial charge in [-0.3, -0.25) is 4.79 Å². The van der Waals surface area contributed by atoms with E-state index in [4.69, 9.17) is 20.8 Å². The number of ether oxygens (including phenoxy) is 1. The third-order valence-electron chi connectivity index (χ3n) is 4.49. The minimum Gasteiger partial charge on any atom is -0.488 e.